The van der Waals surface area contributed by atoms with Crippen LogP contribution >= 0.6 is 0 Å². The van der Waals surface area contributed by atoms with Crippen LogP contribution in [0.3, 0.4) is 0 Å². The summed E-state index contributed by atoms with van der Waals surface area (Å²) >= 11 is 0. The van der Waals surface area contributed by atoms with Crippen molar-refractivity contribution < 1.29 is 10.0 Å². The third kappa shape index (κ3) is 3.34. The van der Waals surface area contributed by atoms with Crippen molar-refractivity contribution in [2.24, 2.45) is 0 Å². The van der Waals surface area contributed by atoms with Crippen molar-refractivity contribution in [1.29, 1.82) is 0 Å². The average molecular weight is 160 g/mol. The predicted molar refractivity (Wildman–Crippen MR) is 42.3 cm³/mol. The standard InChI is InChI=1S/C7H16N2O2/c1-4-5-9(3)6(2)7(10)8-11/h6,11H,4-5H2,1-3H3,(H,8,10). The quantitative estimate of drug-likeness (QED) is 0.457. The topological polar surface area (TPSA) is 52.6 Å². The molecule has 4 heteroatoms. The molecule has 0 radical (unpaired) electrons. The molecule has 0 aromatic carbocycles. The first-order chi connectivity index (χ1) is 5.13. The van der Waals surface area contributed by atoms with Gasteiger partial charge >= 0.3 is 0 Å². The number of nitrogens with zero attached hydrogens (tertiary/aromatic N) is 1. The molecule has 1 atom stereocenters. The van der Waals surface area contributed by atoms with E-state index in [1.807, 2.05) is 18.9 Å². The molecule has 11 heavy (non-hydrogen) atoms. The van der Waals surface area contributed by atoms with Gasteiger partial charge in [-0.3, -0.25) is 14.9 Å². The lowest BCUT2D eigenvalue weighted by Crippen LogP contribution is -2.42. The number of hydroxylamine groups is 1. The van der Waals surface area contributed by atoms with Crippen LogP contribution in [0.4, 0.5) is 0 Å². The lowest BCUT2D eigenvalue weighted by molar-refractivity contribution is -0.133. The van der Waals surface area contributed by atoms with Crippen LogP contribution in [0.5, 0.6) is 0 Å². The van der Waals surface area contributed by atoms with Crippen LogP contribution in [-0.2, 0) is 4.79 Å². The molecular formula is C7H16N2O2. The Bertz CT molecular complexity index is 128. The molecule has 0 spiro atoms. The molecule has 0 aliphatic rings. The maximum Gasteiger partial charge on any atom is 0.260 e. The van der Waals surface area contributed by atoms with E-state index in [0.29, 0.717) is 0 Å². The molecule has 4 nitrogen and oxygen atoms in total. The molecule has 1 amide bonds. The van der Waals surface area contributed by atoms with Crippen molar-refractivity contribution in [3.8, 4) is 0 Å². The highest BCUT2D eigenvalue weighted by atomic mass is 16.5. The Hall–Kier alpha value is -0.610. The number of rotatable bonds is 4. The van der Waals surface area contributed by atoms with Crippen molar-refractivity contribution >= 4 is 5.91 Å². The Morgan fingerprint density at radius 3 is 2.64 bits per heavy atom. The summed E-state index contributed by atoms with van der Waals surface area (Å²) in [6.45, 7) is 4.65. The van der Waals surface area contributed by atoms with Crippen molar-refractivity contribution in [1.82, 2.24) is 10.4 Å². The number of carbonyl (C=O) groups is 1. The van der Waals surface area contributed by atoms with E-state index in [9.17, 15) is 4.79 Å². The number of amides is 1. The SMILES string of the molecule is CCCN(C)C(C)C(=O)NO. The van der Waals surface area contributed by atoms with Crippen molar-refractivity contribution in [2.45, 2.75) is 26.3 Å². The summed E-state index contributed by atoms with van der Waals surface area (Å²) in [6, 6.07) is -0.264. The number of hydrogen-bond acceptors (Lipinski definition) is 3. The molecule has 0 aromatic heterocycles. The summed E-state index contributed by atoms with van der Waals surface area (Å²) in [6.07, 6.45) is 1.000. The van der Waals surface area contributed by atoms with Gasteiger partial charge in [-0.25, -0.2) is 5.48 Å². The smallest absolute Gasteiger partial charge is 0.260 e. The van der Waals surface area contributed by atoms with Crippen LogP contribution in [0, 0.1) is 0 Å². The molecule has 0 saturated heterocycles. The minimum Gasteiger partial charge on any atom is -0.295 e. The zero-order chi connectivity index (χ0) is 8.85. The van der Waals surface area contributed by atoms with Crippen LogP contribution in [0.2, 0.25) is 0 Å². The Kier molecular flexibility index (Phi) is 4.81. The van der Waals surface area contributed by atoms with Gasteiger partial charge in [0.25, 0.3) is 5.91 Å². The van der Waals surface area contributed by atoms with Crippen molar-refractivity contribution in [3.05, 3.63) is 0 Å². The molecule has 0 heterocycles. The van der Waals surface area contributed by atoms with E-state index < -0.39 is 0 Å². The van der Waals surface area contributed by atoms with Gasteiger partial charge in [0.1, 0.15) is 0 Å². The minimum absolute atomic E-state index is 0.264. The number of hydrogen-bond donors (Lipinski definition) is 2. The summed E-state index contributed by atoms with van der Waals surface area (Å²) in [5, 5.41) is 8.30. The van der Waals surface area contributed by atoms with E-state index in [1.54, 1.807) is 12.4 Å². The second kappa shape index (κ2) is 5.09. The first kappa shape index (κ1) is 10.4. The zero-order valence-electron chi connectivity index (χ0n) is 7.29. The first-order valence-electron chi connectivity index (χ1n) is 3.77. The third-order valence-corrected chi connectivity index (χ3v) is 1.73. The van der Waals surface area contributed by atoms with Crippen LogP contribution in [0.1, 0.15) is 20.3 Å². The fraction of sp³-hybridized carbons (Fsp3) is 0.857. The summed E-state index contributed by atoms with van der Waals surface area (Å²) in [7, 11) is 1.85. The molecule has 0 saturated carbocycles. The largest absolute Gasteiger partial charge is 0.295 e. The Morgan fingerprint density at radius 2 is 2.27 bits per heavy atom. The Balaban J connectivity index is 3.80. The predicted octanol–water partition coefficient (Wildman–Crippen LogP) is 0.222. The van der Waals surface area contributed by atoms with E-state index in [4.69, 9.17) is 5.21 Å². The van der Waals surface area contributed by atoms with Gasteiger partial charge in [0, 0.05) is 0 Å². The van der Waals surface area contributed by atoms with Crippen LogP contribution in [0.15, 0.2) is 0 Å². The maximum atomic E-state index is 10.8. The second-order valence-electron chi connectivity index (χ2n) is 2.63. The molecular weight excluding hydrogens is 144 g/mol. The molecule has 0 aromatic rings. The number of nitrogens with one attached hydrogen (secondary N) is 1. The van der Waals surface area contributed by atoms with Crippen LogP contribution in [0.25, 0.3) is 0 Å². The monoisotopic (exact) mass is 160 g/mol. The molecule has 0 rings (SSSR count). The summed E-state index contributed by atoms with van der Waals surface area (Å²) in [4.78, 5) is 12.7. The summed E-state index contributed by atoms with van der Waals surface area (Å²) in [5.41, 5.74) is 1.62. The van der Waals surface area contributed by atoms with Gasteiger partial charge in [0.05, 0.1) is 6.04 Å². The third-order valence-electron chi connectivity index (χ3n) is 1.73. The van der Waals surface area contributed by atoms with Crippen molar-refractivity contribution in [3.63, 3.8) is 0 Å². The fourth-order valence-electron chi connectivity index (χ4n) is 0.840. The van der Waals surface area contributed by atoms with Gasteiger partial charge in [-0.2, -0.15) is 0 Å². The van der Waals surface area contributed by atoms with Gasteiger partial charge in [-0.1, -0.05) is 6.92 Å². The average Bonchev–Trinajstić information content (AvgIpc) is 2.02. The van der Waals surface area contributed by atoms with E-state index in [-0.39, 0.29) is 11.9 Å². The lowest BCUT2D eigenvalue weighted by Gasteiger charge is -2.21. The van der Waals surface area contributed by atoms with Gasteiger partial charge in [-0.15, -0.1) is 0 Å². The van der Waals surface area contributed by atoms with E-state index >= 15 is 0 Å². The first-order valence-corrected chi connectivity index (χ1v) is 3.77. The minimum atomic E-state index is -0.360. The van der Waals surface area contributed by atoms with Gasteiger partial charge in [0.2, 0.25) is 0 Å². The van der Waals surface area contributed by atoms with Gasteiger partial charge < -0.3 is 0 Å². The Labute approximate surface area is 67.1 Å². The van der Waals surface area contributed by atoms with E-state index in [0.717, 1.165) is 13.0 Å². The maximum absolute atomic E-state index is 10.8. The molecule has 0 aliphatic carbocycles. The second-order valence-corrected chi connectivity index (χ2v) is 2.63. The lowest BCUT2D eigenvalue weighted by atomic mass is 10.3. The zero-order valence-corrected chi connectivity index (χ0v) is 7.29. The molecule has 0 bridgehead atoms. The van der Waals surface area contributed by atoms with E-state index in [2.05, 4.69) is 0 Å². The highest BCUT2D eigenvalue weighted by molar-refractivity contribution is 5.80. The summed E-state index contributed by atoms with van der Waals surface area (Å²) in [5.74, 6) is -0.360. The van der Waals surface area contributed by atoms with E-state index in [1.165, 1.54) is 0 Å². The molecule has 66 valence electrons. The van der Waals surface area contributed by atoms with Crippen LogP contribution in [-0.4, -0.2) is 35.6 Å². The highest BCUT2D eigenvalue weighted by Gasteiger charge is 2.15. The molecule has 1 unspecified atom stereocenters. The molecule has 0 fully saturated rings. The Morgan fingerprint density at radius 1 is 1.73 bits per heavy atom. The fourth-order valence-corrected chi connectivity index (χ4v) is 0.840. The number of likely N-dealkylation sites (N-methyl/N-ethyl adjacent to an activating group) is 1. The molecule has 2 N–H and O–H groups in total. The summed E-state index contributed by atoms with van der Waals surface area (Å²) < 4.78 is 0. The van der Waals surface area contributed by atoms with Gasteiger partial charge in [0.15, 0.2) is 0 Å². The van der Waals surface area contributed by atoms with Crippen molar-refractivity contribution in [2.75, 3.05) is 13.6 Å². The molecule has 0 aliphatic heterocycles. The highest BCUT2D eigenvalue weighted by Crippen LogP contribution is 1.95. The van der Waals surface area contributed by atoms with Gasteiger partial charge in [-0.05, 0) is 26.9 Å². The van der Waals surface area contributed by atoms with Crippen LogP contribution < -0.4 is 5.48 Å². The normalized spacial score (nSPS) is 13.2. The number of carbonyl (C=O) groups excluding carboxylic acids is 1.